The third-order valence-electron chi connectivity index (χ3n) is 2.75. The van der Waals surface area contributed by atoms with Crippen molar-refractivity contribution < 1.29 is 4.74 Å². The number of nitrogens with one attached hydrogen (secondary N) is 1. The maximum Gasteiger partial charge on any atom is 0.157 e. The van der Waals surface area contributed by atoms with Crippen LogP contribution in [0.4, 0.5) is 0 Å². The van der Waals surface area contributed by atoms with Crippen molar-refractivity contribution in [2.45, 2.75) is 59.2 Å². The van der Waals surface area contributed by atoms with E-state index in [0.717, 1.165) is 18.8 Å². The van der Waals surface area contributed by atoms with Gasteiger partial charge in [-0.1, -0.05) is 13.3 Å². The fourth-order valence-electron chi connectivity index (χ4n) is 1.75. The molecule has 0 radical (unpaired) electrons. The lowest BCUT2D eigenvalue weighted by Gasteiger charge is -2.17. The van der Waals surface area contributed by atoms with Crippen LogP contribution in [0.5, 0.6) is 5.75 Å². The molecule has 0 aliphatic carbocycles. The topological polar surface area (TPSA) is 39.1 Å². The van der Waals surface area contributed by atoms with Crippen LogP contribution in [0, 0.1) is 0 Å². The van der Waals surface area contributed by atoms with Crippen LogP contribution in [0.15, 0.2) is 12.4 Å². The van der Waals surface area contributed by atoms with Crippen LogP contribution in [0.1, 0.15) is 40.5 Å². The molecule has 0 aliphatic rings. The van der Waals surface area contributed by atoms with Gasteiger partial charge in [-0.2, -0.15) is 5.10 Å². The molecule has 2 atom stereocenters. The van der Waals surface area contributed by atoms with Gasteiger partial charge in [-0.3, -0.25) is 4.68 Å². The molecular formula is C13H25N3O. The van der Waals surface area contributed by atoms with Crippen molar-refractivity contribution in [1.29, 1.82) is 0 Å². The zero-order chi connectivity index (χ0) is 12.7. The van der Waals surface area contributed by atoms with Gasteiger partial charge in [-0.15, -0.1) is 0 Å². The Balaban J connectivity index is 2.26. The van der Waals surface area contributed by atoms with E-state index in [1.807, 2.05) is 10.9 Å². The minimum atomic E-state index is 0.170. The van der Waals surface area contributed by atoms with Gasteiger partial charge >= 0.3 is 0 Å². The Morgan fingerprint density at radius 3 is 2.76 bits per heavy atom. The molecule has 0 saturated carbocycles. The maximum atomic E-state index is 5.78. The molecule has 0 amide bonds. The van der Waals surface area contributed by atoms with Crippen molar-refractivity contribution >= 4 is 0 Å². The first-order chi connectivity index (χ1) is 8.15. The second-order valence-electron chi connectivity index (χ2n) is 4.56. The van der Waals surface area contributed by atoms with Crippen molar-refractivity contribution in [1.82, 2.24) is 15.1 Å². The van der Waals surface area contributed by atoms with Crippen LogP contribution in [-0.4, -0.2) is 28.5 Å². The molecule has 4 nitrogen and oxygen atoms in total. The second kappa shape index (κ2) is 7.33. The van der Waals surface area contributed by atoms with Gasteiger partial charge in [0.25, 0.3) is 0 Å². The van der Waals surface area contributed by atoms with Crippen molar-refractivity contribution in [2.24, 2.45) is 0 Å². The van der Waals surface area contributed by atoms with Crippen molar-refractivity contribution in [2.75, 3.05) is 6.54 Å². The zero-order valence-electron chi connectivity index (χ0n) is 11.4. The number of hydrogen-bond donors (Lipinski definition) is 1. The Kier molecular flexibility index (Phi) is 6.05. The largest absolute Gasteiger partial charge is 0.486 e. The highest BCUT2D eigenvalue weighted by Crippen LogP contribution is 2.10. The van der Waals surface area contributed by atoms with E-state index in [1.165, 1.54) is 12.8 Å². The summed E-state index contributed by atoms with van der Waals surface area (Å²) in [6.07, 6.45) is 6.30. The highest BCUT2D eigenvalue weighted by atomic mass is 16.5. The van der Waals surface area contributed by atoms with E-state index in [2.05, 4.69) is 38.1 Å². The average molecular weight is 239 g/mol. The predicted molar refractivity (Wildman–Crippen MR) is 70.4 cm³/mol. The van der Waals surface area contributed by atoms with E-state index < -0.39 is 0 Å². The Labute approximate surface area is 104 Å². The molecule has 2 unspecified atom stereocenters. The van der Waals surface area contributed by atoms with Gasteiger partial charge < -0.3 is 10.1 Å². The van der Waals surface area contributed by atoms with Gasteiger partial charge in [0.2, 0.25) is 0 Å². The van der Waals surface area contributed by atoms with Crippen molar-refractivity contribution in [3.63, 3.8) is 0 Å². The molecule has 0 aromatic carbocycles. The number of ether oxygens (including phenoxy) is 1. The standard InChI is InChI=1S/C13H25N3O/c1-5-7-11(3)14-8-12(4)17-13-9-15-16(6-2)10-13/h9-12,14H,5-8H2,1-4H3. The van der Waals surface area contributed by atoms with Crippen LogP contribution >= 0.6 is 0 Å². The van der Waals surface area contributed by atoms with Gasteiger partial charge in [-0.25, -0.2) is 0 Å². The maximum absolute atomic E-state index is 5.78. The first kappa shape index (κ1) is 14.0. The first-order valence-corrected chi connectivity index (χ1v) is 6.58. The fourth-order valence-corrected chi connectivity index (χ4v) is 1.75. The number of nitrogens with zero attached hydrogens (tertiary/aromatic N) is 2. The van der Waals surface area contributed by atoms with E-state index in [4.69, 9.17) is 4.74 Å². The van der Waals surface area contributed by atoms with Gasteiger partial charge in [-0.05, 0) is 27.2 Å². The highest BCUT2D eigenvalue weighted by Gasteiger charge is 2.07. The predicted octanol–water partition coefficient (Wildman–Crippen LogP) is 2.45. The molecule has 1 aromatic heterocycles. The van der Waals surface area contributed by atoms with E-state index in [1.54, 1.807) is 6.20 Å². The third kappa shape index (κ3) is 5.22. The van der Waals surface area contributed by atoms with Crippen LogP contribution in [0.25, 0.3) is 0 Å². The Bertz CT molecular complexity index is 311. The molecule has 0 aliphatic heterocycles. The molecule has 1 rings (SSSR count). The summed E-state index contributed by atoms with van der Waals surface area (Å²) < 4.78 is 7.65. The van der Waals surface area contributed by atoms with Gasteiger partial charge in [0.05, 0.1) is 12.4 Å². The monoisotopic (exact) mass is 239 g/mol. The fraction of sp³-hybridized carbons (Fsp3) is 0.769. The van der Waals surface area contributed by atoms with Crippen LogP contribution in [-0.2, 0) is 6.54 Å². The van der Waals surface area contributed by atoms with Crippen LogP contribution in [0.2, 0.25) is 0 Å². The normalized spacial score (nSPS) is 14.6. The number of aromatic nitrogens is 2. The zero-order valence-corrected chi connectivity index (χ0v) is 11.4. The van der Waals surface area contributed by atoms with Gasteiger partial charge in [0.15, 0.2) is 5.75 Å². The van der Waals surface area contributed by atoms with E-state index in [9.17, 15) is 0 Å². The van der Waals surface area contributed by atoms with E-state index in [0.29, 0.717) is 6.04 Å². The molecule has 0 saturated heterocycles. The Morgan fingerprint density at radius 1 is 1.41 bits per heavy atom. The van der Waals surface area contributed by atoms with Crippen molar-refractivity contribution in [3.05, 3.63) is 12.4 Å². The van der Waals surface area contributed by atoms with Gasteiger partial charge in [0.1, 0.15) is 6.10 Å². The van der Waals surface area contributed by atoms with Gasteiger partial charge in [0, 0.05) is 19.1 Å². The molecule has 4 heteroatoms. The lowest BCUT2D eigenvalue weighted by Crippen LogP contribution is -2.34. The molecular weight excluding hydrogens is 214 g/mol. The summed E-state index contributed by atoms with van der Waals surface area (Å²) in [6, 6.07) is 0.560. The highest BCUT2D eigenvalue weighted by molar-refractivity contribution is 5.12. The molecule has 1 heterocycles. The summed E-state index contributed by atoms with van der Waals surface area (Å²) in [5, 5.41) is 7.66. The minimum Gasteiger partial charge on any atom is -0.486 e. The van der Waals surface area contributed by atoms with Crippen molar-refractivity contribution in [3.8, 4) is 5.75 Å². The molecule has 17 heavy (non-hydrogen) atoms. The van der Waals surface area contributed by atoms with E-state index >= 15 is 0 Å². The molecule has 1 aromatic rings. The second-order valence-corrected chi connectivity index (χ2v) is 4.56. The number of rotatable bonds is 8. The lowest BCUT2D eigenvalue weighted by atomic mass is 10.2. The SMILES string of the molecule is CCCC(C)NCC(C)Oc1cnn(CC)c1. The number of aryl methyl sites for hydroxylation is 1. The Hall–Kier alpha value is -1.03. The third-order valence-corrected chi connectivity index (χ3v) is 2.75. The number of hydrogen-bond acceptors (Lipinski definition) is 3. The quantitative estimate of drug-likeness (QED) is 0.757. The summed E-state index contributed by atoms with van der Waals surface area (Å²) in [6.45, 7) is 10.3. The summed E-state index contributed by atoms with van der Waals surface area (Å²) in [4.78, 5) is 0. The first-order valence-electron chi connectivity index (χ1n) is 6.58. The summed E-state index contributed by atoms with van der Waals surface area (Å²) >= 11 is 0. The summed E-state index contributed by atoms with van der Waals surface area (Å²) in [7, 11) is 0. The smallest absolute Gasteiger partial charge is 0.157 e. The lowest BCUT2D eigenvalue weighted by molar-refractivity contribution is 0.211. The minimum absolute atomic E-state index is 0.170. The average Bonchev–Trinajstić information content (AvgIpc) is 2.74. The van der Waals surface area contributed by atoms with E-state index in [-0.39, 0.29) is 6.10 Å². The van der Waals surface area contributed by atoms with Crippen LogP contribution in [0.3, 0.4) is 0 Å². The molecule has 0 spiro atoms. The van der Waals surface area contributed by atoms with Crippen LogP contribution < -0.4 is 10.1 Å². The molecule has 0 fully saturated rings. The molecule has 98 valence electrons. The summed E-state index contributed by atoms with van der Waals surface area (Å²) in [5.41, 5.74) is 0. The summed E-state index contributed by atoms with van der Waals surface area (Å²) in [5.74, 6) is 0.851. The Morgan fingerprint density at radius 2 is 2.18 bits per heavy atom. The molecule has 1 N–H and O–H groups in total. The molecule has 0 bridgehead atoms.